The second-order valence-electron chi connectivity index (χ2n) is 8.05. The Bertz CT molecular complexity index is 1340. The van der Waals surface area contributed by atoms with Crippen molar-refractivity contribution in [3.05, 3.63) is 63.2 Å². The number of anilines is 1. The van der Waals surface area contributed by atoms with Crippen molar-refractivity contribution >= 4 is 33.9 Å². The molecule has 1 N–H and O–H groups in total. The molecule has 182 valence electrons. The molecule has 1 amide bonds. The van der Waals surface area contributed by atoms with Gasteiger partial charge in [-0.2, -0.15) is 0 Å². The van der Waals surface area contributed by atoms with Crippen LogP contribution >= 0.6 is 11.3 Å². The SMILES string of the molecule is COc1cc(C2C(=C(O)c3cc(C)ccc3C)C(=O)C(=O)N2c2nnc(C)s2)cc(OC)c1OC. The van der Waals surface area contributed by atoms with E-state index < -0.39 is 17.7 Å². The summed E-state index contributed by atoms with van der Waals surface area (Å²) in [4.78, 5) is 27.9. The van der Waals surface area contributed by atoms with Gasteiger partial charge >= 0.3 is 5.91 Å². The maximum absolute atomic E-state index is 13.4. The number of Topliss-reactive ketones (excluding diaryl/α,β-unsaturated/α-hetero) is 1. The normalized spacial score (nSPS) is 17.1. The maximum atomic E-state index is 13.4. The number of hydrogen-bond donors (Lipinski definition) is 1. The number of carbonyl (C=O) groups excluding carboxylic acids is 2. The number of carbonyl (C=O) groups is 2. The highest BCUT2D eigenvalue weighted by atomic mass is 32.1. The molecule has 1 fully saturated rings. The first-order chi connectivity index (χ1) is 16.7. The molecule has 1 unspecified atom stereocenters. The van der Waals surface area contributed by atoms with Gasteiger partial charge in [-0.1, -0.05) is 29.0 Å². The predicted octanol–water partition coefficient (Wildman–Crippen LogP) is 4.12. The van der Waals surface area contributed by atoms with Crippen molar-refractivity contribution in [1.82, 2.24) is 10.2 Å². The zero-order chi connectivity index (χ0) is 25.4. The van der Waals surface area contributed by atoms with Crippen LogP contribution in [0.4, 0.5) is 5.13 Å². The molecule has 2 heterocycles. The van der Waals surface area contributed by atoms with Crippen LogP contribution in [-0.2, 0) is 9.59 Å². The van der Waals surface area contributed by atoms with Crippen molar-refractivity contribution < 1.29 is 28.9 Å². The molecule has 1 atom stereocenters. The highest BCUT2D eigenvalue weighted by Crippen LogP contribution is 2.47. The fraction of sp³-hybridized carbons (Fsp3) is 0.280. The average Bonchev–Trinajstić information content (AvgIpc) is 3.39. The molecule has 0 aliphatic carbocycles. The third kappa shape index (κ3) is 4.10. The number of rotatable bonds is 6. The lowest BCUT2D eigenvalue weighted by Gasteiger charge is -2.24. The molecule has 0 saturated carbocycles. The highest BCUT2D eigenvalue weighted by molar-refractivity contribution is 7.15. The number of benzene rings is 2. The first-order valence-corrected chi connectivity index (χ1v) is 11.5. The molecule has 1 saturated heterocycles. The third-order valence-corrected chi connectivity index (χ3v) is 6.65. The van der Waals surface area contributed by atoms with Crippen LogP contribution in [0, 0.1) is 20.8 Å². The van der Waals surface area contributed by atoms with Crippen molar-refractivity contribution in [2.24, 2.45) is 0 Å². The average molecular weight is 496 g/mol. The number of methoxy groups -OCH3 is 3. The van der Waals surface area contributed by atoms with Crippen molar-refractivity contribution in [3.63, 3.8) is 0 Å². The van der Waals surface area contributed by atoms with Gasteiger partial charge in [0.25, 0.3) is 5.78 Å². The van der Waals surface area contributed by atoms with E-state index in [9.17, 15) is 14.7 Å². The number of aryl methyl sites for hydroxylation is 3. The topological polar surface area (TPSA) is 111 Å². The molecule has 1 aliphatic heterocycles. The summed E-state index contributed by atoms with van der Waals surface area (Å²) in [7, 11) is 4.43. The summed E-state index contributed by atoms with van der Waals surface area (Å²) in [5.74, 6) is -0.869. The Hall–Kier alpha value is -3.92. The van der Waals surface area contributed by atoms with Gasteiger partial charge in [0, 0.05) is 5.56 Å². The molecule has 1 aromatic heterocycles. The van der Waals surface area contributed by atoms with E-state index >= 15 is 0 Å². The number of aliphatic hydroxyl groups is 1. The van der Waals surface area contributed by atoms with E-state index in [1.165, 1.54) is 37.6 Å². The Morgan fingerprint density at radius 1 is 0.971 bits per heavy atom. The Kier molecular flexibility index (Phi) is 6.49. The van der Waals surface area contributed by atoms with Gasteiger partial charge in [-0.15, -0.1) is 10.2 Å². The highest BCUT2D eigenvalue weighted by Gasteiger charge is 2.49. The van der Waals surface area contributed by atoms with Gasteiger partial charge in [-0.25, -0.2) is 0 Å². The molecular formula is C25H25N3O6S. The second kappa shape index (κ2) is 9.38. The zero-order valence-electron chi connectivity index (χ0n) is 20.2. The van der Waals surface area contributed by atoms with Gasteiger partial charge in [-0.05, 0) is 50.1 Å². The number of hydrogen-bond acceptors (Lipinski definition) is 9. The lowest BCUT2D eigenvalue weighted by molar-refractivity contribution is -0.132. The van der Waals surface area contributed by atoms with E-state index in [-0.39, 0.29) is 16.5 Å². The first kappa shape index (κ1) is 24.2. The largest absolute Gasteiger partial charge is 0.507 e. The number of nitrogens with zero attached hydrogens (tertiary/aromatic N) is 3. The van der Waals surface area contributed by atoms with Gasteiger partial charge in [-0.3, -0.25) is 14.5 Å². The summed E-state index contributed by atoms with van der Waals surface area (Å²) in [6.45, 7) is 5.46. The number of ketones is 1. The summed E-state index contributed by atoms with van der Waals surface area (Å²) >= 11 is 1.17. The van der Waals surface area contributed by atoms with Crippen molar-refractivity contribution in [2.45, 2.75) is 26.8 Å². The number of aromatic nitrogens is 2. The third-order valence-electron chi connectivity index (χ3n) is 5.82. The molecule has 2 aromatic carbocycles. The summed E-state index contributed by atoms with van der Waals surface area (Å²) in [6.07, 6.45) is 0. The summed E-state index contributed by atoms with van der Waals surface area (Å²) in [6, 6.07) is 7.83. The quantitative estimate of drug-likeness (QED) is 0.309. The van der Waals surface area contributed by atoms with Crippen LogP contribution in [0.1, 0.15) is 33.3 Å². The molecular weight excluding hydrogens is 470 g/mol. The summed E-state index contributed by atoms with van der Waals surface area (Å²) < 4.78 is 16.4. The molecule has 0 spiro atoms. The van der Waals surface area contributed by atoms with E-state index in [4.69, 9.17) is 14.2 Å². The summed E-state index contributed by atoms with van der Waals surface area (Å²) in [5, 5.41) is 20.4. The first-order valence-electron chi connectivity index (χ1n) is 10.7. The number of ether oxygens (including phenoxy) is 3. The monoisotopic (exact) mass is 495 g/mol. The Morgan fingerprint density at radius 2 is 1.63 bits per heavy atom. The van der Waals surface area contributed by atoms with Gasteiger partial charge in [0.15, 0.2) is 11.5 Å². The minimum Gasteiger partial charge on any atom is -0.507 e. The molecule has 0 bridgehead atoms. The Morgan fingerprint density at radius 3 is 2.17 bits per heavy atom. The molecule has 10 heteroatoms. The fourth-order valence-corrected chi connectivity index (χ4v) is 4.84. The summed E-state index contributed by atoms with van der Waals surface area (Å²) in [5.41, 5.74) is 2.53. The predicted molar refractivity (Wildman–Crippen MR) is 131 cm³/mol. The smallest absolute Gasteiger partial charge is 0.301 e. The molecule has 3 aromatic rings. The van der Waals surface area contributed by atoms with Crippen LogP contribution in [0.25, 0.3) is 5.76 Å². The van der Waals surface area contributed by atoms with Gasteiger partial charge < -0.3 is 19.3 Å². The van der Waals surface area contributed by atoms with Crippen LogP contribution in [-0.4, -0.2) is 48.3 Å². The lowest BCUT2D eigenvalue weighted by atomic mass is 9.93. The van der Waals surface area contributed by atoms with Crippen molar-refractivity contribution in [3.8, 4) is 17.2 Å². The van der Waals surface area contributed by atoms with Crippen molar-refractivity contribution in [2.75, 3.05) is 26.2 Å². The van der Waals surface area contributed by atoms with Gasteiger partial charge in [0.05, 0.1) is 32.9 Å². The van der Waals surface area contributed by atoms with E-state index in [1.54, 1.807) is 25.1 Å². The van der Waals surface area contributed by atoms with E-state index in [1.807, 2.05) is 26.0 Å². The molecule has 4 rings (SSSR count). The molecule has 35 heavy (non-hydrogen) atoms. The Balaban J connectivity index is 2.04. The lowest BCUT2D eigenvalue weighted by Crippen LogP contribution is -2.29. The Labute approximate surface area is 206 Å². The number of aliphatic hydroxyl groups excluding tert-OH is 1. The second-order valence-corrected chi connectivity index (χ2v) is 9.21. The maximum Gasteiger partial charge on any atom is 0.301 e. The van der Waals surface area contributed by atoms with Crippen LogP contribution in [0.2, 0.25) is 0 Å². The van der Waals surface area contributed by atoms with Gasteiger partial charge in [0.1, 0.15) is 10.8 Å². The van der Waals surface area contributed by atoms with Crippen LogP contribution in [0.3, 0.4) is 0 Å². The van der Waals surface area contributed by atoms with Gasteiger partial charge in [0.2, 0.25) is 10.9 Å². The standard InChI is InChI=1S/C25H25N3O6S/c1-12-7-8-13(2)16(9-12)21(29)19-20(15-10-17(32-4)23(34-6)18(11-15)33-5)28(24(31)22(19)30)25-27-26-14(3)35-25/h7-11,20,29H,1-6H3. The molecule has 0 radical (unpaired) electrons. The zero-order valence-corrected chi connectivity index (χ0v) is 21.0. The van der Waals surface area contributed by atoms with E-state index in [0.29, 0.717) is 33.4 Å². The van der Waals surface area contributed by atoms with E-state index in [2.05, 4.69) is 10.2 Å². The van der Waals surface area contributed by atoms with Crippen LogP contribution < -0.4 is 19.1 Å². The van der Waals surface area contributed by atoms with Crippen LogP contribution in [0.5, 0.6) is 17.2 Å². The molecule has 1 aliphatic rings. The van der Waals surface area contributed by atoms with E-state index in [0.717, 1.165) is 11.1 Å². The van der Waals surface area contributed by atoms with Crippen molar-refractivity contribution in [1.29, 1.82) is 0 Å². The van der Waals surface area contributed by atoms with Crippen LogP contribution in [0.15, 0.2) is 35.9 Å². The fourth-order valence-electron chi connectivity index (χ4n) is 4.12. The molecule has 9 nitrogen and oxygen atoms in total. The minimum absolute atomic E-state index is 0.0640. The minimum atomic E-state index is -1.00. The number of amides is 1.